The fraction of sp³-hybridized carbons (Fsp3) is 0.143. The molecule has 0 spiro atoms. The lowest BCUT2D eigenvalue weighted by Gasteiger charge is -2.13. The molecule has 0 radical (unpaired) electrons. The third-order valence-electron chi connectivity index (χ3n) is 2.76. The zero-order valence-corrected chi connectivity index (χ0v) is 10.8. The summed E-state index contributed by atoms with van der Waals surface area (Å²) in [6, 6.07) is 12.1. The molecule has 0 aliphatic heterocycles. The number of hydrogen-bond donors (Lipinski definition) is 1. The van der Waals surface area contributed by atoms with Crippen LogP contribution in [0.5, 0.6) is 0 Å². The van der Waals surface area contributed by atoms with Crippen LogP contribution >= 0.6 is 0 Å². The van der Waals surface area contributed by atoms with E-state index >= 15 is 0 Å². The molecule has 0 fully saturated rings. The SMILES string of the molecule is Cc1c/c(=N/C(=O)N(C)c2ccccc2)ccn1O. The van der Waals surface area contributed by atoms with Gasteiger partial charge in [0, 0.05) is 18.9 Å². The Hall–Kier alpha value is -2.56. The first-order valence-corrected chi connectivity index (χ1v) is 5.84. The van der Waals surface area contributed by atoms with Crippen LogP contribution < -0.4 is 10.3 Å². The molecule has 1 heterocycles. The lowest BCUT2D eigenvalue weighted by Crippen LogP contribution is -2.25. The number of aromatic nitrogens is 1. The second kappa shape index (κ2) is 5.39. The molecule has 2 rings (SSSR count). The summed E-state index contributed by atoms with van der Waals surface area (Å²) >= 11 is 0. The Morgan fingerprint density at radius 3 is 2.58 bits per heavy atom. The van der Waals surface area contributed by atoms with Crippen molar-refractivity contribution in [3.05, 3.63) is 59.7 Å². The predicted octanol–water partition coefficient (Wildman–Crippen LogP) is 2.19. The molecule has 1 N–H and O–H groups in total. The molecule has 1 aromatic carbocycles. The van der Waals surface area contributed by atoms with Crippen molar-refractivity contribution in [2.45, 2.75) is 6.92 Å². The van der Waals surface area contributed by atoms with Crippen LogP contribution in [0.3, 0.4) is 0 Å². The van der Waals surface area contributed by atoms with Gasteiger partial charge in [0.25, 0.3) is 0 Å². The zero-order valence-electron chi connectivity index (χ0n) is 10.8. The second-order valence-electron chi connectivity index (χ2n) is 4.16. The van der Waals surface area contributed by atoms with Crippen molar-refractivity contribution in [1.29, 1.82) is 0 Å². The van der Waals surface area contributed by atoms with E-state index in [2.05, 4.69) is 4.99 Å². The summed E-state index contributed by atoms with van der Waals surface area (Å²) in [6.07, 6.45) is 1.45. The lowest BCUT2D eigenvalue weighted by atomic mass is 10.3. The van der Waals surface area contributed by atoms with E-state index in [4.69, 9.17) is 0 Å². The van der Waals surface area contributed by atoms with Gasteiger partial charge < -0.3 is 5.21 Å². The van der Waals surface area contributed by atoms with E-state index in [-0.39, 0.29) is 6.03 Å². The van der Waals surface area contributed by atoms with Gasteiger partial charge >= 0.3 is 6.03 Å². The number of aryl methyl sites for hydroxylation is 1. The van der Waals surface area contributed by atoms with E-state index < -0.39 is 0 Å². The van der Waals surface area contributed by atoms with E-state index in [1.807, 2.05) is 30.3 Å². The highest BCUT2D eigenvalue weighted by molar-refractivity contribution is 5.91. The molecule has 0 atom stereocenters. The minimum Gasteiger partial charge on any atom is -0.429 e. The Kier molecular flexibility index (Phi) is 3.66. The number of benzene rings is 1. The highest BCUT2D eigenvalue weighted by atomic mass is 16.5. The van der Waals surface area contributed by atoms with Gasteiger partial charge in [-0.3, -0.25) is 4.90 Å². The van der Waals surface area contributed by atoms with E-state index in [0.717, 1.165) is 10.4 Å². The molecular formula is C14H15N3O2. The molecule has 5 nitrogen and oxygen atoms in total. The molecule has 0 bridgehead atoms. The van der Waals surface area contributed by atoms with E-state index in [9.17, 15) is 10.0 Å². The first-order valence-electron chi connectivity index (χ1n) is 5.84. The number of carbonyl (C=O) groups is 1. The highest BCUT2D eigenvalue weighted by Crippen LogP contribution is 2.11. The van der Waals surface area contributed by atoms with Crippen LogP contribution in [-0.4, -0.2) is 23.0 Å². The summed E-state index contributed by atoms with van der Waals surface area (Å²) in [5.74, 6) is 0. The van der Waals surface area contributed by atoms with Crippen molar-refractivity contribution in [1.82, 2.24) is 4.73 Å². The van der Waals surface area contributed by atoms with Crippen LogP contribution in [0, 0.1) is 6.92 Å². The molecule has 0 aliphatic carbocycles. The van der Waals surface area contributed by atoms with Gasteiger partial charge in [-0.1, -0.05) is 18.2 Å². The smallest absolute Gasteiger partial charge is 0.348 e. The van der Waals surface area contributed by atoms with Gasteiger partial charge in [0.2, 0.25) is 0 Å². The Morgan fingerprint density at radius 1 is 1.26 bits per heavy atom. The van der Waals surface area contributed by atoms with E-state index in [1.165, 1.54) is 11.1 Å². The number of rotatable bonds is 1. The predicted molar refractivity (Wildman–Crippen MR) is 72.2 cm³/mol. The number of carbonyl (C=O) groups excluding carboxylic acids is 1. The van der Waals surface area contributed by atoms with Crippen LogP contribution in [0.15, 0.2) is 53.7 Å². The highest BCUT2D eigenvalue weighted by Gasteiger charge is 2.08. The second-order valence-corrected chi connectivity index (χ2v) is 4.16. The van der Waals surface area contributed by atoms with Crippen molar-refractivity contribution in [2.24, 2.45) is 4.99 Å². The lowest BCUT2D eigenvalue weighted by molar-refractivity contribution is 0.177. The molecule has 0 aliphatic rings. The fourth-order valence-corrected chi connectivity index (χ4v) is 1.61. The summed E-state index contributed by atoms with van der Waals surface area (Å²) in [6.45, 7) is 1.73. The van der Waals surface area contributed by atoms with Gasteiger partial charge in [0.15, 0.2) is 0 Å². The number of amides is 2. The Morgan fingerprint density at radius 2 is 1.95 bits per heavy atom. The number of nitrogens with zero attached hydrogens (tertiary/aromatic N) is 3. The normalized spacial score (nSPS) is 11.4. The summed E-state index contributed by atoms with van der Waals surface area (Å²) < 4.78 is 0.977. The zero-order chi connectivity index (χ0) is 13.8. The third-order valence-corrected chi connectivity index (χ3v) is 2.76. The standard InChI is InChI=1S/C14H15N3O2/c1-11-10-12(8-9-17(11)19)15-14(18)16(2)13-6-4-3-5-7-13/h3-10,19H,1-2H3/b15-12+. The number of hydrogen-bond acceptors (Lipinski definition) is 2. The summed E-state index contributed by atoms with van der Waals surface area (Å²) in [7, 11) is 1.67. The van der Waals surface area contributed by atoms with Crippen molar-refractivity contribution in [3.63, 3.8) is 0 Å². The van der Waals surface area contributed by atoms with Crippen molar-refractivity contribution in [3.8, 4) is 0 Å². The maximum atomic E-state index is 12.0. The molecule has 0 saturated carbocycles. The number of pyridine rings is 1. The third kappa shape index (κ3) is 3.01. The van der Waals surface area contributed by atoms with Crippen LogP contribution in [0.2, 0.25) is 0 Å². The molecule has 98 valence electrons. The van der Waals surface area contributed by atoms with E-state index in [1.54, 1.807) is 26.1 Å². The number of anilines is 1. The van der Waals surface area contributed by atoms with Crippen LogP contribution in [-0.2, 0) is 0 Å². The number of urea groups is 1. The molecule has 0 saturated heterocycles. The van der Waals surface area contributed by atoms with Gasteiger partial charge in [0.05, 0.1) is 11.1 Å². The molecule has 5 heteroatoms. The molecule has 19 heavy (non-hydrogen) atoms. The largest absolute Gasteiger partial charge is 0.429 e. The van der Waals surface area contributed by atoms with Crippen LogP contribution in [0.4, 0.5) is 10.5 Å². The molecule has 0 unspecified atom stereocenters. The van der Waals surface area contributed by atoms with Gasteiger partial charge in [-0.25, -0.2) is 4.79 Å². The topological polar surface area (TPSA) is 57.8 Å². The van der Waals surface area contributed by atoms with Crippen molar-refractivity contribution in [2.75, 3.05) is 11.9 Å². The molecular weight excluding hydrogens is 242 g/mol. The average molecular weight is 257 g/mol. The van der Waals surface area contributed by atoms with Gasteiger partial charge in [0.1, 0.15) is 0 Å². The quantitative estimate of drug-likeness (QED) is 0.796. The van der Waals surface area contributed by atoms with Crippen molar-refractivity contribution >= 4 is 11.7 Å². The summed E-state index contributed by atoms with van der Waals surface area (Å²) in [4.78, 5) is 17.5. The minimum atomic E-state index is -0.360. The van der Waals surface area contributed by atoms with Crippen LogP contribution in [0.25, 0.3) is 0 Å². The van der Waals surface area contributed by atoms with Crippen molar-refractivity contribution < 1.29 is 10.0 Å². The van der Waals surface area contributed by atoms with Crippen LogP contribution in [0.1, 0.15) is 5.69 Å². The van der Waals surface area contributed by atoms with Gasteiger partial charge in [-0.2, -0.15) is 9.72 Å². The Balaban J connectivity index is 2.27. The maximum Gasteiger partial charge on any atom is 0.348 e. The number of para-hydroxylation sites is 1. The minimum absolute atomic E-state index is 0.360. The molecule has 2 aromatic rings. The first-order chi connectivity index (χ1) is 9.08. The average Bonchev–Trinajstić information content (AvgIpc) is 2.43. The molecule has 2 amide bonds. The summed E-state index contributed by atoms with van der Waals surface area (Å²) in [5, 5.41) is 9.85. The van der Waals surface area contributed by atoms with Gasteiger partial charge in [-0.05, 0) is 31.2 Å². The molecule has 1 aromatic heterocycles. The Bertz CT molecular complexity index is 647. The fourth-order valence-electron chi connectivity index (χ4n) is 1.61. The van der Waals surface area contributed by atoms with Gasteiger partial charge in [-0.15, -0.1) is 0 Å². The van der Waals surface area contributed by atoms with E-state index in [0.29, 0.717) is 11.1 Å². The monoisotopic (exact) mass is 257 g/mol. The summed E-state index contributed by atoms with van der Waals surface area (Å²) in [5.41, 5.74) is 1.39. The Labute approximate surface area is 111 Å². The maximum absolute atomic E-state index is 12.0. The first kappa shape index (κ1) is 12.9.